The molecule has 0 N–H and O–H groups in total. The van der Waals surface area contributed by atoms with Gasteiger partial charge < -0.3 is 14.7 Å². The summed E-state index contributed by atoms with van der Waals surface area (Å²) in [6.07, 6.45) is 3.80. The Morgan fingerprint density at radius 3 is 2.46 bits per heavy atom. The highest BCUT2D eigenvalue weighted by atomic mass is 16.2. The third kappa shape index (κ3) is 4.68. The van der Waals surface area contributed by atoms with Crippen LogP contribution in [0.15, 0.2) is 48.7 Å². The third-order valence-corrected chi connectivity index (χ3v) is 5.09. The molecule has 0 saturated carbocycles. The van der Waals surface area contributed by atoms with Gasteiger partial charge in [0.1, 0.15) is 5.82 Å². The number of hydrogen-bond acceptors (Lipinski definition) is 4. The van der Waals surface area contributed by atoms with Crippen LogP contribution in [0.1, 0.15) is 40.5 Å². The van der Waals surface area contributed by atoms with Gasteiger partial charge in [0.15, 0.2) is 0 Å². The summed E-state index contributed by atoms with van der Waals surface area (Å²) in [5.74, 6) is 0.881. The number of hydrogen-bond donors (Lipinski definition) is 0. The van der Waals surface area contributed by atoms with Gasteiger partial charge in [-0.05, 0) is 36.8 Å². The number of aromatic nitrogens is 1. The molecule has 148 valence electrons. The van der Waals surface area contributed by atoms with Crippen LogP contribution >= 0.6 is 0 Å². The van der Waals surface area contributed by atoms with E-state index in [2.05, 4.69) is 16.8 Å². The van der Waals surface area contributed by atoms with Crippen molar-refractivity contribution in [3.63, 3.8) is 0 Å². The smallest absolute Gasteiger partial charge is 0.253 e. The van der Waals surface area contributed by atoms with Crippen molar-refractivity contribution < 1.29 is 9.59 Å². The monoisotopic (exact) mass is 380 g/mol. The number of carbonyl (C=O) groups excluding carboxylic acids is 2. The fraction of sp³-hybridized carbons (Fsp3) is 0.409. The fourth-order valence-electron chi connectivity index (χ4n) is 3.36. The molecule has 1 aromatic heterocycles. The number of pyridine rings is 1. The Morgan fingerprint density at radius 1 is 1.04 bits per heavy atom. The number of benzene rings is 1. The van der Waals surface area contributed by atoms with Crippen molar-refractivity contribution >= 4 is 17.6 Å². The summed E-state index contributed by atoms with van der Waals surface area (Å²) in [6.45, 7) is 5.62. The second-order valence-corrected chi connectivity index (χ2v) is 7.13. The topological polar surface area (TPSA) is 56.8 Å². The lowest BCUT2D eigenvalue weighted by molar-refractivity contribution is 0.0746. The van der Waals surface area contributed by atoms with E-state index in [4.69, 9.17) is 0 Å². The lowest BCUT2D eigenvalue weighted by Gasteiger charge is -2.35. The molecule has 2 amide bonds. The van der Waals surface area contributed by atoms with Crippen molar-refractivity contribution in [2.75, 3.05) is 44.7 Å². The zero-order valence-corrected chi connectivity index (χ0v) is 16.7. The number of nitrogens with zero attached hydrogens (tertiary/aromatic N) is 4. The second kappa shape index (κ2) is 9.35. The fourth-order valence-corrected chi connectivity index (χ4v) is 3.36. The zero-order valence-electron chi connectivity index (χ0n) is 16.7. The van der Waals surface area contributed by atoms with E-state index in [0.29, 0.717) is 24.2 Å². The van der Waals surface area contributed by atoms with Crippen LogP contribution in [0, 0.1) is 0 Å². The van der Waals surface area contributed by atoms with E-state index in [1.807, 2.05) is 30.1 Å². The van der Waals surface area contributed by atoms with Gasteiger partial charge in [-0.3, -0.25) is 9.59 Å². The molecular weight excluding hydrogens is 352 g/mol. The number of piperazine rings is 1. The maximum atomic E-state index is 12.9. The standard InChI is InChI=1S/C22H28N4O2/c1-3-4-12-24(2)21(27)18-8-7-9-19(17-18)22(28)26-15-13-25(14-16-26)20-10-5-6-11-23-20/h5-11,17H,3-4,12-16H2,1-2H3. The Kier molecular flexibility index (Phi) is 6.63. The van der Waals surface area contributed by atoms with Crippen LogP contribution in [0.3, 0.4) is 0 Å². The van der Waals surface area contributed by atoms with Crippen molar-refractivity contribution in [1.82, 2.24) is 14.8 Å². The van der Waals surface area contributed by atoms with Crippen molar-refractivity contribution in [2.45, 2.75) is 19.8 Å². The lowest BCUT2D eigenvalue weighted by Crippen LogP contribution is -2.49. The van der Waals surface area contributed by atoms with Gasteiger partial charge in [-0.1, -0.05) is 25.5 Å². The van der Waals surface area contributed by atoms with E-state index in [9.17, 15) is 9.59 Å². The minimum absolute atomic E-state index is 0.0217. The molecule has 0 bridgehead atoms. The van der Waals surface area contributed by atoms with Gasteiger partial charge in [-0.25, -0.2) is 4.98 Å². The van der Waals surface area contributed by atoms with Crippen LogP contribution in [0.4, 0.5) is 5.82 Å². The molecule has 1 aromatic carbocycles. The normalized spacial score (nSPS) is 14.1. The molecule has 0 aliphatic carbocycles. The predicted octanol–water partition coefficient (Wildman–Crippen LogP) is 2.92. The van der Waals surface area contributed by atoms with Crippen LogP contribution in [-0.2, 0) is 0 Å². The largest absolute Gasteiger partial charge is 0.353 e. The van der Waals surface area contributed by atoms with Crippen LogP contribution in [-0.4, -0.2) is 66.4 Å². The van der Waals surface area contributed by atoms with E-state index in [0.717, 1.165) is 38.3 Å². The van der Waals surface area contributed by atoms with Gasteiger partial charge in [0, 0.05) is 57.1 Å². The van der Waals surface area contributed by atoms with Gasteiger partial charge in [0.25, 0.3) is 11.8 Å². The number of unbranched alkanes of at least 4 members (excludes halogenated alkanes) is 1. The number of carbonyl (C=O) groups is 2. The zero-order chi connectivity index (χ0) is 19.9. The van der Waals surface area contributed by atoms with Crippen LogP contribution in [0.2, 0.25) is 0 Å². The quantitative estimate of drug-likeness (QED) is 0.773. The summed E-state index contributed by atoms with van der Waals surface area (Å²) >= 11 is 0. The summed E-state index contributed by atoms with van der Waals surface area (Å²) in [4.78, 5) is 35.7. The summed E-state index contributed by atoms with van der Waals surface area (Å²) in [5, 5.41) is 0. The summed E-state index contributed by atoms with van der Waals surface area (Å²) in [5.41, 5.74) is 1.14. The van der Waals surface area contributed by atoms with Crippen LogP contribution in [0.5, 0.6) is 0 Å². The van der Waals surface area contributed by atoms with Crippen LogP contribution < -0.4 is 4.90 Å². The SMILES string of the molecule is CCCCN(C)C(=O)c1cccc(C(=O)N2CCN(c3ccccn3)CC2)c1. The molecule has 0 unspecified atom stereocenters. The maximum Gasteiger partial charge on any atom is 0.253 e. The molecule has 0 atom stereocenters. The molecule has 1 saturated heterocycles. The Balaban J connectivity index is 1.63. The Hall–Kier alpha value is -2.89. The minimum Gasteiger partial charge on any atom is -0.353 e. The van der Waals surface area contributed by atoms with Crippen molar-refractivity contribution in [2.24, 2.45) is 0 Å². The first-order valence-electron chi connectivity index (χ1n) is 9.91. The van der Waals surface area contributed by atoms with Gasteiger partial charge in [-0.2, -0.15) is 0 Å². The molecule has 28 heavy (non-hydrogen) atoms. The average molecular weight is 380 g/mol. The number of amides is 2. The van der Waals surface area contributed by atoms with Crippen molar-refractivity contribution in [3.05, 3.63) is 59.8 Å². The maximum absolute atomic E-state index is 12.9. The minimum atomic E-state index is -0.0388. The van der Waals surface area contributed by atoms with E-state index in [1.165, 1.54) is 0 Å². The highest BCUT2D eigenvalue weighted by Gasteiger charge is 2.23. The Bertz CT molecular complexity index is 801. The van der Waals surface area contributed by atoms with E-state index in [-0.39, 0.29) is 11.8 Å². The number of rotatable bonds is 6. The molecule has 2 heterocycles. The molecule has 1 fully saturated rings. The molecule has 6 heteroatoms. The molecule has 0 spiro atoms. The lowest BCUT2D eigenvalue weighted by atomic mass is 10.1. The first-order valence-corrected chi connectivity index (χ1v) is 9.91. The molecule has 2 aromatic rings. The summed E-state index contributed by atoms with van der Waals surface area (Å²) in [7, 11) is 1.81. The van der Waals surface area contributed by atoms with E-state index < -0.39 is 0 Å². The van der Waals surface area contributed by atoms with E-state index >= 15 is 0 Å². The predicted molar refractivity (Wildman–Crippen MR) is 111 cm³/mol. The first kappa shape index (κ1) is 19.9. The van der Waals surface area contributed by atoms with E-state index in [1.54, 1.807) is 35.4 Å². The molecule has 1 aliphatic heterocycles. The highest BCUT2D eigenvalue weighted by molar-refractivity contribution is 5.99. The third-order valence-electron chi connectivity index (χ3n) is 5.09. The van der Waals surface area contributed by atoms with Crippen LogP contribution in [0.25, 0.3) is 0 Å². The molecule has 6 nitrogen and oxygen atoms in total. The Labute approximate surface area is 166 Å². The molecule has 3 rings (SSSR count). The van der Waals surface area contributed by atoms with Gasteiger partial charge in [-0.15, -0.1) is 0 Å². The van der Waals surface area contributed by atoms with Gasteiger partial charge in [0.05, 0.1) is 0 Å². The summed E-state index contributed by atoms with van der Waals surface area (Å²) in [6, 6.07) is 12.9. The van der Waals surface area contributed by atoms with Crippen molar-refractivity contribution in [1.29, 1.82) is 0 Å². The summed E-state index contributed by atoms with van der Waals surface area (Å²) < 4.78 is 0. The average Bonchev–Trinajstić information content (AvgIpc) is 2.77. The first-order chi connectivity index (χ1) is 13.6. The highest BCUT2D eigenvalue weighted by Crippen LogP contribution is 2.16. The molecule has 1 aliphatic rings. The van der Waals surface area contributed by atoms with Gasteiger partial charge >= 0.3 is 0 Å². The van der Waals surface area contributed by atoms with Gasteiger partial charge in [0.2, 0.25) is 0 Å². The Morgan fingerprint density at radius 2 is 1.79 bits per heavy atom. The van der Waals surface area contributed by atoms with Crippen molar-refractivity contribution in [3.8, 4) is 0 Å². The molecular formula is C22H28N4O2. The number of anilines is 1. The second-order valence-electron chi connectivity index (χ2n) is 7.13. The molecule has 0 radical (unpaired) electrons.